The Balaban J connectivity index is 1.59. The number of nitrogens with one attached hydrogen (secondary N) is 1. The van der Waals surface area contributed by atoms with Crippen LogP contribution in [-0.4, -0.2) is 28.3 Å². The summed E-state index contributed by atoms with van der Waals surface area (Å²) in [6.45, 7) is 4.35. The number of ketones is 1. The average Bonchev–Trinajstić information content (AvgIpc) is 3.28. The highest BCUT2D eigenvalue weighted by Gasteiger charge is 2.38. The molecule has 0 radical (unpaired) electrons. The molecule has 1 aromatic heterocycles. The first-order chi connectivity index (χ1) is 15.2. The first kappa shape index (κ1) is 21.3. The lowest BCUT2D eigenvalue weighted by Gasteiger charge is -2.31. The Hall–Kier alpha value is -2.60. The smallest absolute Gasteiger partial charge is 0.250 e. The number of hydrogen-bond donors (Lipinski definition) is 3. The molecule has 6 nitrogen and oxygen atoms in total. The lowest BCUT2D eigenvalue weighted by Crippen LogP contribution is -2.33. The standard InChI is InChI=1S/C26H34N4O2/c1-26(2)13-22-24(23(31)14-26)19-4-3-5-21(19)30(22)17-10-11-18(25(28)32)20(12-17)29-16-8-6-15(27)7-9-16/h10-12,15-16,29H,3-9,13-14,27H2,1-2H3,(H2,28,32)/t15-,16-. The van der Waals surface area contributed by atoms with Crippen LogP contribution in [0, 0.1) is 5.41 Å². The van der Waals surface area contributed by atoms with Crippen molar-refractivity contribution < 1.29 is 9.59 Å². The molecule has 1 amide bonds. The third kappa shape index (κ3) is 3.64. The number of primary amides is 1. The van der Waals surface area contributed by atoms with Gasteiger partial charge in [0.1, 0.15) is 0 Å². The van der Waals surface area contributed by atoms with Crippen LogP contribution in [0.15, 0.2) is 18.2 Å². The maximum absolute atomic E-state index is 13.1. The van der Waals surface area contributed by atoms with E-state index in [1.54, 1.807) is 0 Å². The molecule has 0 atom stereocenters. The Kier molecular flexibility index (Phi) is 5.16. The summed E-state index contributed by atoms with van der Waals surface area (Å²) in [7, 11) is 0. The molecule has 3 aliphatic carbocycles. The largest absolute Gasteiger partial charge is 0.382 e. The summed E-state index contributed by atoms with van der Waals surface area (Å²) in [5.74, 6) is -0.151. The summed E-state index contributed by atoms with van der Waals surface area (Å²) in [6, 6.07) is 6.42. The molecule has 1 fully saturated rings. The predicted molar refractivity (Wildman–Crippen MR) is 127 cm³/mol. The molecule has 0 spiro atoms. The Morgan fingerprint density at radius 2 is 1.84 bits per heavy atom. The summed E-state index contributed by atoms with van der Waals surface area (Å²) < 4.78 is 2.31. The van der Waals surface area contributed by atoms with E-state index in [0.29, 0.717) is 12.0 Å². The molecule has 2 aromatic rings. The highest BCUT2D eigenvalue weighted by Crippen LogP contribution is 2.43. The number of hydrogen-bond acceptors (Lipinski definition) is 4. The van der Waals surface area contributed by atoms with E-state index < -0.39 is 5.91 Å². The zero-order valence-corrected chi connectivity index (χ0v) is 19.2. The van der Waals surface area contributed by atoms with Crippen LogP contribution < -0.4 is 16.8 Å². The van der Waals surface area contributed by atoms with Gasteiger partial charge in [0.15, 0.2) is 5.78 Å². The van der Waals surface area contributed by atoms with E-state index in [4.69, 9.17) is 11.5 Å². The quantitative estimate of drug-likeness (QED) is 0.679. The molecule has 1 heterocycles. The molecule has 3 aliphatic rings. The van der Waals surface area contributed by atoms with Crippen molar-refractivity contribution in [2.45, 2.75) is 83.7 Å². The number of carbonyl (C=O) groups excluding carboxylic acids is 2. The van der Waals surface area contributed by atoms with Gasteiger partial charge < -0.3 is 21.4 Å². The molecule has 0 saturated heterocycles. The fraction of sp³-hybridized carbons (Fsp3) is 0.538. The first-order valence-electron chi connectivity index (χ1n) is 12.0. The molecular weight excluding hydrogens is 400 g/mol. The van der Waals surface area contributed by atoms with Crippen LogP contribution in [0.3, 0.4) is 0 Å². The zero-order chi connectivity index (χ0) is 22.6. The molecule has 170 valence electrons. The van der Waals surface area contributed by atoms with Crippen molar-refractivity contribution in [2.75, 3.05) is 5.32 Å². The predicted octanol–water partition coefficient (Wildman–Crippen LogP) is 3.90. The molecule has 0 aliphatic heterocycles. The number of benzene rings is 1. The van der Waals surface area contributed by atoms with Gasteiger partial charge in [-0.15, -0.1) is 0 Å². The SMILES string of the molecule is CC1(C)CC(=O)c2c3c(n(-c4ccc(C(N)=O)c(N[C@H]5CC[C@H](N)CC5)c4)c2C1)CCC3. The Morgan fingerprint density at radius 3 is 2.56 bits per heavy atom. The van der Waals surface area contributed by atoms with Crippen LogP contribution in [0.5, 0.6) is 0 Å². The maximum atomic E-state index is 13.1. The molecule has 1 aromatic carbocycles. The van der Waals surface area contributed by atoms with Crippen molar-refractivity contribution in [2.24, 2.45) is 16.9 Å². The van der Waals surface area contributed by atoms with Gasteiger partial charge in [-0.1, -0.05) is 13.8 Å². The summed E-state index contributed by atoms with van der Waals surface area (Å²) in [5.41, 5.74) is 18.7. The summed E-state index contributed by atoms with van der Waals surface area (Å²) in [5, 5.41) is 3.59. The molecule has 5 N–H and O–H groups in total. The van der Waals surface area contributed by atoms with Gasteiger partial charge in [0, 0.05) is 46.8 Å². The number of carbonyl (C=O) groups is 2. The van der Waals surface area contributed by atoms with Crippen LogP contribution in [0.2, 0.25) is 0 Å². The van der Waals surface area contributed by atoms with Crippen molar-refractivity contribution >= 4 is 17.4 Å². The van der Waals surface area contributed by atoms with E-state index in [2.05, 4.69) is 29.8 Å². The van der Waals surface area contributed by atoms with Gasteiger partial charge in [0.25, 0.3) is 5.91 Å². The van der Waals surface area contributed by atoms with E-state index in [-0.39, 0.29) is 23.3 Å². The van der Waals surface area contributed by atoms with E-state index in [0.717, 1.165) is 74.0 Å². The third-order valence-electron chi connectivity index (χ3n) is 7.54. The fourth-order valence-corrected chi connectivity index (χ4v) is 6.03. The molecule has 32 heavy (non-hydrogen) atoms. The lowest BCUT2D eigenvalue weighted by molar-refractivity contribution is 0.0909. The van der Waals surface area contributed by atoms with Gasteiger partial charge in [0.05, 0.1) is 5.56 Å². The van der Waals surface area contributed by atoms with Gasteiger partial charge in [0.2, 0.25) is 0 Å². The summed E-state index contributed by atoms with van der Waals surface area (Å²) in [4.78, 5) is 25.3. The van der Waals surface area contributed by atoms with Crippen molar-refractivity contribution in [1.29, 1.82) is 0 Å². The molecule has 6 heteroatoms. The van der Waals surface area contributed by atoms with Crippen LogP contribution >= 0.6 is 0 Å². The van der Waals surface area contributed by atoms with E-state index in [1.165, 1.54) is 11.3 Å². The van der Waals surface area contributed by atoms with Gasteiger partial charge in [-0.2, -0.15) is 0 Å². The monoisotopic (exact) mass is 434 g/mol. The minimum Gasteiger partial charge on any atom is -0.382 e. The van der Waals surface area contributed by atoms with Gasteiger partial charge in [-0.3, -0.25) is 9.59 Å². The third-order valence-corrected chi connectivity index (χ3v) is 7.54. The van der Waals surface area contributed by atoms with Crippen LogP contribution in [0.4, 0.5) is 5.69 Å². The Labute approximate surface area is 189 Å². The normalized spacial score (nSPS) is 24.2. The van der Waals surface area contributed by atoms with Gasteiger partial charge >= 0.3 is 0 Å². The number of fused-ring (bicyclic) bond motifs is 3. The molecule has 0 unspecified atom stereocenters. The van der Waals surface area contributed by atoms with Crippen molar-refractivity contribution in [3.8, 4) is 5.69 Å². The zero-order valence-electron chi connectivity index (χ0n) is 19.2. The highest BCUT2D eigenvalue weighted by molar-refractivity contribution is 6.01. The second-order valence-electron chi connectivity index (χ2n) is 10.7. The summed E-state index contributed by atoms with van der Waals surface area (Å²) >= 11 is 0. The number of Topliss-reactive ketones (excluding diaryl/α,β-unsaturated/α-hetero) is 1. The average molecular weight is 435 g/mol. The maximum Gasteiger partial charge on any atom is 0.250 e. The van der Waals surface area contributed by atoms with E-state index >= 15 is 0 Å². The van der Waals surface area contributed by atoms with Crippen molar-refractivity contribution in [3.05, 3.63) is 46.3 Å². The minimum atomic E-state index is -0.428. The minimum absolute atomic E-state index is 0.0525. The second kappa shape index (κ2) is 7.77. The molecule has 5 rings (SSSR count). The fourth-order valence-electron chi connectivity index (χ4n) is 6.03. The van der Waals surface area contributed by atoms with Gasteiger partial charge in [-0.05, 0) is 80.5 Å². The van der Waals surface area contributed by atoms with E-state index in [9.17, 15) is 9.59 Å². The molecular formula is C26H34N4O2. The Morgan fingerprint density at radius 1 is 1.09 bits per heavy atom. The number of nitrogens with zero attached hydrogens (tertiary/aromatic N) is 1. The van der Waals surface area contributed by atoms with Crippen molar-refractivity contribution in [3.63, 3.8) is 0 Å². The highest BCUT2D eigenvalue weighted by atomic mass is 16.1. The second-order valence-corrected chi connectivity index (χ2v) is 10.7. The van der Waals surface area contributed by atoms with Crippen LogP contribution in [-0.2, 0) is 19.3 Å². The molecule has 1 saturated carbocycles. The topological polar surface area (TPSA) is 103 Å². The van der Waals surface area contributed by atoms with E-state index in [1.807, 2.05) is 12.1 Å². The first-order valence-corrected chi connectivity index (χ1v) is 12.0. The summed E-state index contributed by atoms with van der Waals surface area (Å²) in [6.07, 6.45) is 8.47. The number of amides is 1. The number of rotatable bonds is 4. The lowest BCUT2D eigenvalue weighted by atomic mass is 9.75. The number of aromatic nitrogens is 1. The van der Waals surface area contributed by atoms with Crippen molar-refractivity contribution in [1.82, 2.24) is 4.57 Å². The number of nitrogens with two attached hydrogens (primary N) is 2. The Bertz CT molecular complexity index is 1090. The number of anilines is 1. The van der Waals surface area contributed by atoms with Crippen LogP contribution in [0.1, 0.15) is 90.0 Å². The molecule has 0 bridgehead atoms. The van der Waals surface area contributed by atoms with Crippen LogP contribution in [0.25, 0.3) is 5.69 Å². The van der Waals surface area contributed by atoms with Gasteiger partial charge in [-0.25, -0.2) is 0 Å².